The Bertz CT molecular complexity index is 1820. The second-order valence-corrected chi connectivity index (χ2v) is 17.3. The summed E-state index contributed by atoms with van der Waals surface area (Å²) in [5, 5.41) is 17.5. The van der Waals surface area contributed by atoms with Crippen molar-refractivity contribution in [3.63, 3.8) is 0 Å². The quantitative estimate of drug-likeness (QED) is 0.309. The number of hydrogen-bond donors (Lipinski definition) is 2. The average Bonchev–Trinajstić information content (AvgIpc) is 3.51. The molecule has 3 fully saturated rings. The van der Waals surface area contributed by atoms with E-state index >= 15 is 0 Å². The third-order valence-electron chi connectivity index (χ3n) is 15.0. The van der Waals surface area contributed by atoms with E-state index in [1.165, 1.54) is 80.5 Å². The first-order valence-electron chi connectivity index (χ1n) is 20.8. The molecule has 1 saturated heterocycles. The van der Waals surface area contributed by atoms with Crippen molar-refractivity contribution in [3.05, 3.63) is 120 Å². The average molecular weight is 691 g/mol. The van der Waals surface area contributed by atoms with Crippen molar-refractivity contribution in [1.82, 2.24) is 10.6 Å². The van der Waals surface area contributed by atoms with Crippen LogP contribution in [0.3, 0.4) is 0 Å². The highest BCUT2D eigenvalue weighted by Gasteiger charge is 2.68. The zero-order chi connectivity index (χ0) is 34.6. The smallest absolute Gasteiger partial charge is 0.126 e. The van der Waals surface area contributed by atoms with E-state index in [1.807, 2.05) is 12.1 Å². The van der Waals surface area contributed by atoms with Gasteiger partial charge in [0.1, 0.15) is 18.1 Å². The van der Waals surface area contributed by atoms with Crippen LogP contribution < -0.4 is 10.6 Å². The van der Waals surface area contributed by atoms with E-state index in [1.54, 1.807) is 0 Å². The van der Waals surface area contributed by atoms with Gasteiger partial charge in [-0.15, -0.1) is 0 Å². The van der Waals surface area contributed by atoms with E-state index in [2.05, 4.69) is 102 Å². The number of amidine groups is 1. The van der Waals surface area contributed by atoms with Gasteiger partial charge in [-0.3, -0.25) is 5.32 Å². The number of rotatable bonds is 4. The SMILES string of the molecule is N#Cc1ccc(C2CCC(C3N=C(C4=CCCCC4)NC(C4C=CC5C6C=CC=CC6C6(C7CCCC=C7OC7C=CC=CC76)C5C4)N3)CC2)cc1. The highest BCUT2D eigenvalue weighted by molar-refractivity contribution is 5.99. The second-order valence-electron chi connectivity index (χ2n) is 17.3. The van der Waals surface area contributed by atoms with Crippen molar-refractivity contribution in [1.29, 1.82) is 5.26 Å². The van der Waals surface area contributed by atoms with Gasteiger partial charge in [0.2, 0.25) is 0 Å². The summed E-state index contributed by atoms with van der Waals surface area (Å²) < 4.78 is 6.90. The van der Waals surface area contributed by atoms with Crippen molar-refractivity contribution in [2.24, 2.45) is 57.8 Å². The molecule has 0 amide bonds. The first kappa shape index (κ1) is 32.7. The molecule has 0 bridgehead atoms. The minimum absolute atomic E-state index is 0.125. The topological polar surface area (TPSA) is 69.4 Å². The predicted molar refractivity (Wildman–Crippen MR) is 208 cm³/mol. The van der Waals surface area contributed by atoms with Gasteiger partial charge in [-0.2, -0.15) is 5.26 Å². The Hall–Kier alpha value is -3.88. The monoisotopic (exact) mass is 690 g/mol. The molecule has 5 heteroatoms. The van der Waals surface area contributed by atoms with Crippen LogP contribution in [0.1, 0.15) is 94.1 Å². The number of ether oxygens (including phenoxy) is 1. The Morgan fingerprint density at radius 3 is 2.42 bits per heavy atom. The summed E-state index contributed by atoms with van der Waals surface area (Å²) in [5.41, 5.74) is 3.71. The predicted octanol–water partition coefficient (Wildman–Crippen LogP) is 9.57. The standard InChI is InChI=1S/C47H54N4O/c48-29-30-18-20-31(21-19-30)32-22-24-34(25-23-32)45-49-44(33-10-2-1-3-11-33)50-46(51-45)35-26-27-37-36-12-4-5-13-38(36)47(41(37)28-35)39-14-6-8-16-42(39)52-43-17-9-7-15-40(43)47/h4-6,8,10,12-14,16-21,26-27,32,34-42,45-46,51H,1-3,7,9,11,15,22-25,28H2,(H,49,50). The van der Waals surface area contributed by atoms with Gasteiger partial charge in [0.05, 0.1) is 23.6 Å². The molecule has 268 valence electrons. The number of nitrogens with one attached hydrogen (secondary N) is 2. The van der Waals surface area contributed by atoms with E-state index in [0.717, 1.165) is 24.8 Å². The van der Waals surface area contributed by atoms with Crippen LogP contribution >= 0.6 is 0 Å². The highest BCUT2D eigenvalue weighted by atomic mass is 16.5. The number of allylic oxidation sites excluding steroid dienone is 10. The molecule has 11 atom stereocenters. The Labute approximate surface area is 310 Å². The number of aliphatic imine (C=N–C) groups is 1. The van der Waals surface area contributed by atoms with Crippen LogP contribution in [0, 0.1) is 64.1 Å². The summed E-state index contributed by atoms with van der Waals surface area (Å²) >= 11 is 0. The third kappa shape index (κ3) is 5.38. The van der Waals surface area contributed by atoms with Gasteiger partial charge >= 0.3 is 0 Å². The molecular weight excluding hydrogens is 637 g/mol. The molecule has 1 aromatic carbocycles. The number of hydrogen-bond acceptors (Lipinski definition) is 5. The molecule has 1 aromatic rings. The number of nitrogens with zero attached hydrogens (tertiary/aromatic N) is 2. The molecule has 0 aromatic heterocycles. The third-order valence-corrected chi connectivity index (χ3v) is 15.0. The molecular formula is C47H54N4O. The van der Waals surface area contributed by atoms with Crippen LogP contribution in [0.2, 0.25) is 0 Å². The molecule has 10 rings (SSSR count). The summed E-state index contributed by atoms with van der Waals surface area (Å²) in [6, 6.07) is 10.6. The van der Waals surface area contributed by atoms with Crippen LogP contribution in [0.4, 0.5) is 0 Å². The first-order chi connectivity index (χ1) is 25.7. The van der Waals surface area contributed by atoms with Crippen LogP contribution in [-0.4, -0.2) is 24.3 Å². The maximum absolute atomic E-state index is 9.30. The Morgan fingerprint density at radius 2 is 1.60 bits per heavy atom. The molecule has 0 radical (unpaired) electrons. The summed E-state index contributed by atoms with van der Waals surface area (Å²) in [4.78, 5) is 5.52. The summed E-state index contributed by atoms with van der Waals surface area (Å²) in [5.74, 6) is 7.00. The van der Waals surface area contributed by atoms with Gasteiger partial charge in [0, 0.05) is 23.2 Å². The van der Waals surface area contributed by atoms with Crippen molar-refractivity contribution in [2.75, 3.05) is 0 Å². The van der Waals surface area contributed by atoms with Crippen molar-refractivity contribution in [2.45, 2.75) is 101 Å². The number of fused-ring (bicyclic) bond motifs is 9. The van der Waals surface area contributed by atoms with E-state index in [0.29, 0.717) is 53.3 Å². The summed E-state index contributed by atoms with van der Waals surface area (Å²) in [6.07, 6.45) is 44.3. The van der Waals surface area contributed by atoms with Gasteiger partial charge in [-0.1, -0.05) is 72.9 Å². The zero-order valence-corrected chi connectivity index (χ0v) is 30.5. The minimum Gasteiger partial charge on any atom is -0.490 e. The van der Waals surface area contributed by atoms with Crippen molar-refractivity contribution >= 4 is 5.84 Å². The fourth-order valence-corrected chi connectivity index (χ4v) is 12.7. The molecule has 2 aliphatic heterocycles. The molecule has 7 aliphatic carbocycles. The van der Waals surface area contributed by atoms with Crippen LogP contribution in [0.15, 0.2) is 114 Å². The lowest BCUT2D eigenvalue weighted by Gasteiger charge is -2.58. The van der Waals surface area contributed by atoms with Gasteiger partial charge in [-0.05, 0) is 148 Å². The maximum Gasteiger partial charge on any atom is 0.126 e. The molecule has 11 unspecified atom stereocenters. The molecule has 9 aliphatic rings. The summed E-state index contributed by atoms with van der Waals surface area (Å²) in [7, 11) is 0. The number of nitriles is 1. The molecule has 52 heavy (non-hydrogen) atoms. The summed E-state index contributed by atoms with van der Waals surface area (Å²) in [6.45, 7) is 0. The van der Waals surface area contributed by atoms with Crippen LogP contribution in [0.25, 0.3) is 0 Å². The molecule has 2 saturated carbocycles. The molecule has 1 spiro atoms. The Morgan fingerprint density at radius 1 is 0.788 bits per heavy atom. The minimum atomic E-state index is 0.125. The Kier molecular flexibility index (Phi) is 8.51. The van der Waals surface area contributed by atoms with Crippen LogP contribution in [-0.2, 0) is 4.74 Å². The lowest BCUT2D eigenvalue weighted by Crippen LogP contribution is -2.61. The molecule has 2 heterocycles. The van der Waals surface area contributed by atoms with E-state index < -0.39 is 0 Å². The van der Waals surface area contributed by atoms with Crippen LogP contribution in [0.5, 0.6) is 0 Å². The lowest BCUT2D eigenvalue weighted by atomic mass is 9.49. The largest absolute Gasteiger partial charge is 0.490 e. The maximum atomic E-state index is 9.30. The lowest BCUT2D eigenvalue weighted by molar-refractivity contribution is -0.112. The first-order valence-corrected chi connectivity index (χ1v) is 20.8. The second kappa shape index (κ2) is 13.5. The molecule has 2 N–H and O–H groups in total. The van der Waals surface area contributed by atoms with Gasteiger partial charge in [0.25, 0.3) is 0 Å². The van der Waals surface area contributed by atoms with E-state index in [4.69, 9.17) is 9.73 Å². The normalized spacial score (nSPS) is 42.7. The molecule has 5 nitrogen and oxygen atoms in total. The van der Waals surface area contributed by atoms with Gasteiger partial charge in [0.15, 0.2) is 0 Å². The number of benzene rings is 1. The van der Waals surface area contributed by atoms with Crippen molar-refractivity contribution < 1.29 is 4.74 Å². The fraction of sp³-hybridized carbons (Fsp3) is 0.532. The fourth-order valence-electron chi connectivity index (χ4n) is 12.7. The van der Waals surface area contributed by atoms with Gasteiger partial charge < -0.3 is 10.1 Å². The van der Waals surface area contributed by atoms with Gasteiger partial charge in [-0.25, -0.2) is 4.99 Å². The zero-order valence-electron chi connectivity index (χ0n) is 30.5. The van der Waals surface area contributed by atoms with E-state index in [9.17, 15) is 5.26 Å². The van der Waals surface area contributed by atoms with E-state index in [-0.39, 0.29) is 23.9 Å². The highest BCUT2D eigenvalue weighted by Crippen LogP contribution is 2.71. The Balaban J connectivity index is 0.958. The van der Waals surface area contributed by atoms with Crippen molar-refractivity contribution in [3.8, 4) is 6.07 Å².